The van der Waals surface area contributed by atoms with Gasteiger partial charge in [0.1, 0.15) is 17.4 Å². The van der Waals surface area contributed by atoms with Gasteiger partial charge in [-0.1, -0.05) is 17.7 Å². The van der Waals surface area contributed by atoms with Crippen molar-refractivity contribution in [2.75, 3.05) is 0 Å². The Morgan fingerprint density at radius 2 is 2.18 bits per heavy atom. The molecule has 0 bridgehead atoms. The fraction of sp³-hybridized carbons (Fsp3) is 0.125. The smallest absolute Gasteiger partial charge is 0.142 e. The van der Waals surface area contributed by atoms with Crippen LogP contribution in [-0.2, 0) is 0 Å². The van der Waals surface area contributed by atoms with Gasteiger partial charge in [-0.2, -0.15) is 5.26 Å². The van der Waals surface area contributed by atoms with Gasteiger partial charge < -0.3 is 0 Å². The third kappa shape index (κ3) is 1.33. The second-order valence-electron chi connectivity index (χ2n) is 2.17. The molecule has 3 heteroatoms. The number of benzene rings is 1. The predicted octanol–water partition coefficient (Wildman–Crippen LogP) is 2.66. The van der Waals surface area contributed by atoms with Crippen molar-refractivity contribution in [3.8, 4) is 6.07 Å². The Morgan fingerprint density at radius 1 is 1.55 bits per heavy atom. The van der Waals surface area contributed by atoms with Gasteiger partial charge in [0.25, 0.3) is 0 Å². The molecule has 1 aromatic carbocycles. The quantitative estimate of drug-likeness (QED) is 0.586. The average Bonchev–Trinajstić information content (AvgIpc) is 1.99. The summed E-state index contributed by atoms with van der Waals surface area (Å²) in [6, 6.07) is 4.47. The molecule has 1 rings (SSSR count). The van der Waals surface area contributed by atoms with E-state index >= 15 is 0 Å². The molecule has 0 spiro atoms. The molecule has 0 saturated heterocycles. The summed E-state index contributed by atoms with van der Waals surface area (Å²) < 4.78 is 12.7. The van der Waals surface area contributed by atoms with Gasteiger partial charge in [-0.15, -0.1) is 0 Å². The molecular weight excluding hydrogens is 165 g/mol. The van der Waals surface area contributed by atoms with Gasteiger partial charge in [-0.05, 0) is 18.6 Å². The summed E-state index contributed by atoms with van der Waals surface area (Å²) in [6.07, 6.45) is 0. The van der Waals surface area contributed by atoms with Crippen LogP contribution in [0, 0.1) is 24.1 Å². The van der Waals surface area contributed by atoms with E-state index in [0.717, 1.165) is 0 Å². The molecule has 11 heavy (non-hydrogen) atoms. The highest BCUT2D eigenvalue weighted by atomic mass is 35.5. The molecule has 0 radical (unpaired) electrons. The normalized spacial score (nSPS) is 9.27. The molecule has 0 heterocycles. The fourth-order valence-corrected chi connectivity index (χ4v) is 0.955. The number of hydrogen-bond donors (Lipinski definition) is 0. The summed E-state index contributed by atoms with van der Waals surface area (Å²) in [5.41, 5.74) is 0.635. The zero-order valence-corrected chi connectivity index (χ0v) is 6.61. The van der Waals surface area contributed by atoms with Crippen LogP contribution in [0.15, 0.2) is 12.1 Å². The van der Waals surface area contributed by atoms with E-state index in [-0.39, 0.29) is 10.6 Å². The van der Waals surface area contributed by atoms with Crippen LogP contribution in [0.1, 0.15) is 11.1 Å². The molecule has 0 aliphatic carbocycles. The van der Waals surface area contributed by atoms with E-state index in [9.17, 15) is 4.39 Å². The van der Waals surface area contributed by atoms with Crippen LogP contribution >= 0.6 is 11.6 Å². The van der Waals surface area contributed by atoms with Crippen LogP contribution in [-0.4, -0.2) is 0 Å². The largest absolute Gasteiger partial charge is 0.205 e. The molecule has 0 aliphatic heterocycles. The van der Waals surface area contributed by atoms with Gasteiger partial charge in [-0.3, -0.25) is 0 Å². The zero-order valence-electron chi connectivity index (χ0n) is 5.86. The van der Waals surface area contributed by atoms with Crippen molar-refractivity contribution in [2.24, 2.45) is 0 Å². The first kappa shape index (κ1) is 8.03. The van der Waals surface area contributed by atoms with Crippen LogP contribution in [0.25, 0.3) is 0 Å². The summed E-state index contributed by atoms with van der Waals surface area (Å²) in [5, 5.41) is 8.65. The van der Waals surface area contributed by atoms with E-state index in [2.05, 4.69) is 0 Å². The van der Waals surface area contributed by atoms with E-state index in [1.165, 1.54) is 6.07 Å². The van der Waals surface area contributed by atoms with Crippen LogP contribution in [0.2, 0.25) is 5.02 Å². The van der Waals surface area contributed by atoms with Gasteiger partial charge in [0.2, 0.25) is 0 Å². The van der Waals surface area contributed by atoms with Gasteiger partial charge in [0.05, 0.1) is 5.02 Å². The minimum absolute atomic E-state index is 0.0772. The van der Waals surface area contributed by atoms with E-state index in [1.54, 1.807) is 19.1 Å². The molecule has 0 saturated carbocycles. The first-order valence-electron chi connectivity index (χ1n) is 3.01. The van der Waals surface area contributed by atoms with E-state index in [1.807, 2.05) is 0 Å². The highest BCUT2D eigenvalue weighted by Crippen LogP contribution is 2.21. The molecule has 0 atom stereocenters. The molecule has 0 unspecified atom stereocenters. The Bertz CT molecular complexity index is 328. The molecule has 0 N–H and O–H groups in total. The van der Waals surface area contributed by atoms with Crippen molar-refractivity contribution < 1.29 is 4.39 Å². The Balaban J connectivity index is 3.44. The summed E-state index contributed by atoms with van der Waals surface area (Å²) in [5.74, 6) is -0.567. The van der Waals surface area contributed by atoms with Crippen molar-refractivity contribution in [1.82, 2.24) is 0 Å². The molecule has 0 fully saturated rings. The number of nitriles is 1. The van der Waals surface area contributed by atoms with Crippen molar-refractivity contribution >= 4 is 11.6 Å². The monoisotopic (exact) mass is 169 g/mol. The topological polar surface area (TPSA) is 23.8 Å². The van der Waals surface area contributed by atoms with Crippen LogP contribution in [0.3, 0.4) is 0 Å². The molecule has 0 aliphatic rings. The molecule has 0 amide bonds. The zero-order chi connectivity index (χ0) is 8.43. The fourth-order valence-electron chi connectivity index (χ4n) is 0.759. The van der Waals surface area contributed by atoms with Crippen molar-refractivity contribution in [2.45, 2.75) is 6.92 Å². The molecule has 1 aromatic rings. The number of nitrogens with zero attached hydrogens (tertiary/aromatic N) is 1. The Morgan fingerprint density at radius 3 is 2.64 bits per heavy atom. The Kier molecular flexibility index (Phi) is 2.11. The molecule has 1 nitrogen and oxygen atoms in total. The maximum atomic E-state index is 12.7. The van der Waals surface area contributed by atoms with Gasteiger partial charge in [-0.25, -0.2) is 4.39 Å². The van der Waals surface area contributed by atoms with E-state index in [0.29, 0.717) is 5.56 Å². The molecule has 0 aromatic heterocycles. The summed E-state index contributed by atoms with van der Waals surface area (Å²) >= 11 is 5.64. The predicted molar refractivity (Wildman–Crippen MR) is 40.9 cm³/mol. The van der Waals surface area contributed by atoms with E-state index in [4.69, 9.17) is 16.9 Å². The van der Waals surface area contributed by atoms with Crippen LogP contribution in [0.5, 0.6) is 0 Å². The summed E-state index contributed by atoms with van der Waals surface area (Å²) in [7, 11) is 0. The number of hydrogen-bond acceptors (Lipinski definition) is 1. The second kappa shape index (κ2) is 2.89. The first-order chi connectivity index (χ1) is 5.16. The SMILES string of the molecule is Cc1ccc(F)c(C#N)c1Cl. The maximum Gasteiger partial charge on any atom is 0.142 e. The lowest BCUT2D eigenvalue weighted by molar-refractivity contribution is 0.623. The van der Waals surface area contributed by atoms with Crippen LogP contribution in [0.4, 0.5) is 4.39 Å². The second-order valence-corrected chi connectivity index (χ2v) is 2.54. The van der Waals surface area contributed by atoms with Crippen molar-refractivity contribution in [1.29, 1.82) is 5.26 Å². The van der Waals surface area contributed by atoms with Gasteiger partial charge >= 0.3 is 0 Å². The average molecular weight is 170 g/mol. The Labute approximate surface area is 69.0 Å². The number of rotatable bonds is 0. The molecular formula is C8H5ClFN. The van der Waals surface area contributed by atoms with Crippen molar-refractivity contribution in [3.63, 3.8) is 0 Å². The summed E-state index contributed by atoms with van der Waals surface area (Å²) in [4.78, 5) is 0. The lowest BCUT2D eigenvalue weighted by Crippen LogP contribution is -1.87. The summed E-state index contributed by atoms with van der Waals surface area (Å²) in [6.45, 7) is 1.72. The third-order valence-electron chi connectivity index (χ3n) is 1.40. The standard InChI is InChI=1S/C8H5ClFN/c1-5-2-3-7(10)6(4-11)8(5)9/h2-3H,1H3. The highest BCUT2D eigenvalue weighted by molar-refractivity contribution is 6.32. The first-order valence-corrected chi connectivity index (χ1v) is 3.39. The van der Waals surface area contributed by atoms with Gasteiger partial charge in [0.15, 0.2) is 0 Å². The minimum Gasteiger partial charge on any atom is -0.205 e. The number of halogens is 2. The molecule has 56 valence electrons. The maximum absolute atomic E-state index is 12.7. The highest BCUT2D eigenvalue weighted by Gasteiger charge is 2.07. The van der Waals surface area contributed by atoms with Crippen LogP contribution < -0.4 is 0 Å². The third-order valence-corrected chi connectivity index (χ3v) is 1.88. The number of aryl methyl sites for hydroxylation is 1. The van der Waals surface area contributed by atoms with Crippen molar-refractivity contribution in [3.05, 3.63) is 34.1 Å². The lowest BCUT2D eigenvalue weighted by Gasteiger charge is -1.99. The minimum atomic E-state index is -0.567. The van der Waals surface area contributed by atoms with E-state index < -0.39 is 5.82 Å². The van der Waals surface area contributed by atoms with Gasteiger partial charge in [0, 0.05) is 0 Å². The lowest BCUT2D eigenvalue weighted by atomic mass is 10.1. The Hall–Kier alpha value is -1.07.